The van der Waals surface area contributed by atoms with Gasteiger partial charge >= 0.3 is 0 Å². The highest BCUT2D eigenvalue weighted by atomic mass is 14.2. The molecule has 0 aliphatic rings. The molecule has 9 aromatic carbocycles. The van der Waals surface area contributed by atoms with Crippen LogP contribution in [0.4, 0.5) is 0 Å². The van der Waals surface area contributed by atoms with Crippen molar-refractivity contribution in [1.82, 2.24) is 0 Å². The normalized spacial score (nSPS) is 9.69. The Hall–Kier alpha value is -7.28. The van der Waals surface area contributed by atoms with Crippen LogP contribution >= 0.6 is 0 Å². The van der Waals surface area contributed by atoms with E-state index in [1.54, 1.807) is 0 Å². The van der Waals surface area contributed by atoms with Crippen LogP contribution in [0.15, 0.2) is 267 Å². The Morgan fingerprint density at radius 3 is 0.604 bits per heavy atom. The van der Waals surface area contributed by atoms with Crippen LogP contribution in [0.5, 0.6) is 0 Å². The standard InChI is InChI=1S/C16H18.C12H18.C11H14.5C10H14.6C2H6/c1-13(2)16(14-9-5-3-6-10-14)15-11-7-4-8-12-15;1-9(2)5-12-7-10(3)6-11(4)8-12;1-10(2)8-9-11-6-4-3-5-7-11;5*1-9(2)8-10-6-4-3-5-7-10;6*1-2/h3-13,16H,1-2H3;6-9H,5H2,1-4H3;3-10H,1-2H3;5*3-7,9H,8H2,1-2H3;6*1-2H3/b;;9-8+;;;;;;;;;;;. The number of rotatable bonds is 17. The third-order valence-electron chi connectivity index (χ3n) is 13.8. The summed E-state index contributed by atoms with van der Waals surface area (Å²) in [5.41, 5.74) is 15.5. The Kier molecular flexibility index (Phi) is 73.5. The molecule has 0 spiro atoms. The number of hydrogen-bond acceptors (Lipinski definition) is 0. The van der Waals surface area contributed by atoms with E-state index < -0.39 is 0 Å². The molecule has 0 amide bonds. The molecule has 0 nitrogen and oxygen atoms in total. The molecule has 101 heavy (non-hydrogen) atoms. The second kappa shape index (κ2) is 72.5. The summed E-state index contributed by atoms with van der Waals surface area (Å²) in [4.78, 5) is 0. The Labute approximate surface area is 629 Å². The first-order valence-electron chi connectivity index (χ1n) is 39.7. The summed E-state index contributed by atoms with van der Waals surface area (Å²) in [6.45, 7) is 64.2. The smallest absolute Gasteiger partial charge is 0.0112 e. The average Bonchev–Trinajstić information content (AvgIpc) is 0.850. The van der Waals surface area contributed by atoms with Gasteiger partial charge in [-0.3, -0.25) is 0 Å². The predicted octanol–water partition coefficient (Wildman–Crippen LogP) is 31.9. The summed E-state index contributed by atoms with van der Waals surface area (Å²) < 4.78 is 0. The van der Waals surface area contributed by atoms with Gasteiger partial charge in [0.05, 0.1) is 0 Å². The summed E-state index contributed by atoms with van der Waals surface area (Å²) >= 11 is 0. The molecule has 0 heterocycles. The number of allylic oxidation sites excluding steroid dienone is 1. The van der Waals surface area contributed by atoms with Gasteiger partial charge in [-0.05, 0) is 150 Å². The second-order valence-electron chi connectivity index (χ2n) is 27.1. The summed E-state index contributed by atoms with van der Waals surface area (Å²) in [6, 6.07) is 91.7. The van der Waals surface area contributed by atoms with Crippen molar-refractivity contribution < 1.29 is 0 Å². The largest absolute Gasteiger partial charge is 0.0814 e. The third kappa shape index (κ3) is 63.4. The van der Waals surface area contributed by atoms with Crippen LogP contribution in [0.3, 0.4) is 0 Å². The Bertz CT molecular complexity index is 2700. The van der Waals surface area contributed by atoms with Gasteiger partial charge in [0.15, 0.2) is 0 Å². The fourth-order valence-electron chi connectivity index (χ4n) is 10.2. The van der Waals surface area contributed by atoms with Crippen molar-refractivity contribution in [1.29, 1.82) is 0 Å². The maximum absolute atomic E-state index is 2.28. The molecule has 9 aromatic rings. The topological polar surface area (TPSA) is 0 Å². The van der Waals surface area contributed by atoms with Crippen LogP contribution in [-0.4, -0.2) is 0 Å². The Morgan fingerprint density at radius 2 is 0.416 bits per heavy atom. The lowest BCUT2D eigenvalue weighted by molar-refractivity contribution is 0.564. The first-order valence-corrected chi connectivity index (χ1v) is 39.7. The van der Waals surface area contributed by atoms with E-state index in [0.717, 1.165) is 35.5 Å². The van der Waals surface area contributed by atoms with Crippen molar-refractivity contribution in [3.05, 3.63) is 328 Å². The highest BCUT2D eigenvalue weighted by Crippen LogP contribution is 2.31. The van der Waals surface area contributed by atoms with Crippen molar-refractivity contribution in [2.45, 2.75) is 252 Å². The first kappa shape index (κ1) is 102. The molecule has 0 aliphatic carbocycles. The van der Waals surface area contributed by atoms with Crippen LogP contribution in [0.1, 0.15) is 261 Å². The van der Waals surface area contributed by atoms with Gasteiger partial charge in [-0.25, -0.2) is 0 Å². The van der Waals surface area contributed by atoms with E-state index in [2.05, 4.69) is 392 Å². The van der Waals surface area contributed by atoms with E-state index >= 15 is 0 Å². The summed E-state index contributed by atoms with van der Waals surface area (Å²) in [7, 11) is 0. The zero-order valence-corrected chi connectivity index (χ0v) is 70.9. The predicted molar refractivity (Wildman–Crippen MR) is 467 cm³/mol. The molecule has 0 saturated carbocycles. The molecule has 0 saturated heterocycles. The van der Waals surface area contributed by atoms with Gasteiger partial charge in [0, 0.05) is 5.92 Å². The minimum Gasteiger partial charge on any atom is -0.0814 e. The lowest BCUT2D eigenvalue weighted by atomic mass is 9.83. The molecular weight excluding hydrogens is 1210 g/mol. The van der Waals surface area contributed by atoms with Crippen molar-refractivity contribution in [2.24, 2.45) is 47.3 Å². The van der Waals surface area contributed by atoms with Gasteiger partial charge in [-0.1, -0.05) is 478 Å². The minimum absolute atomic E-state index is 0.502. The summed E-state index contributed by atoms with van der Waals surface area (Å²) in [6.07, 6.45) is 11.5. The number of benzene rings is 9. The van der Waals surface area contributed by atoms with E-state index in [4.69, 9.17) is 0 Å². The van der Waals surface area contributed by atoms with E-state index in [9.17, 15) is 0 Å². The van der Waals surface area contributed by atoms with E-state index in [-0.39, 0.29) is 0 Å². The molecular formula is C101H156. The van der Waals surface area contributed by atoms with Gasteiger partial charge in [0.25, 0.3) is 0 Å². The molecule has 0 fully saturated rings. The molecule has 0 bridgehead atoms. The number of hydrogen-bond donors (Lipinski definition) is 0. The van der Waals surface area contributed by atoms with Gasteiger partial charge in [0.2, 0.25) is 0 Å². The summed E-state index contributed by atoms with van der Waals surface area (Å²) in [5.74, 6) is 6.34. The maximum Gasteiger partial charge on any atom is 0.0112 e. The van der Waals surface area contributed by atoms with Crippen LogP contribution in [-0.2, 0) is 38.5 Å². The lowest BCUT2D eigenvalue weighted by Gasteiger charge is -2.21. The minimum atomic E-state index is 0.502. The third-order valence-corrected chi connectivity index (χ3v) is 13.8. The second-order valence-corrected chi connectivity index (χ2v) is 27.1. The van der Waals surface area contributed by atoms with Gasteiger partial charge in [0.1, 0.15) is 0 Å². The van der Waals surface area contributed by atoms with E-state index in [1.165, 1.54) is 99.7 Å². The number of aryl methyl sites for hydroxylation is 2. The van der Waals surface area contributed by atoms with Gasteiger partial charge < -0.3 is 0 Å². The molecule has 560 valence electrons. The molecule has 0 aliphatic heterocycles. The van der Waals surface area contributed by atoms with Gasteiger partial charge in [-0.2, -0.15) is 0 Å². The van der Waals surface area contributed by atoms with Crippen molar-refractivity contribution in [3.63, 3.8) is 0 Å². The Morgan fingerprint density at radius 1 is 0.228 bits per heavy atom. The zero-order chi connectivity index (χ0) is 77.6. The van der Waals surface area contributed by atoms with E-state index in [0.29, 0.717) is 17.8 Å². The molecule has 9 rings (SSSR count). The van der Waals surface area contributed by atoms with Crippen LogP contribution in [0.25, 0.3) is 6.08 Å². The Balaban J connectivity index is -0.000000341. The summed E-state index contributed by atoms with van der Waals surface area (Å²) in [5, 5.41) is 0. The molecule has 0 heteroatoms. The molecule has 0 N–H and O–H groups in total. The molecule has 0 atom stereocenters. The van der Waals surface area contributed by atoms with Crippen LogP contribution in [0.2, 0.25) is 0 Å². The fourth-order valence-corrected chi connectivity index (χ4v) is 10.2. The highest BCUT2D eigenvalue weighted by molar-refractivity contribution is 5.48. The highest BCUT2D eigenvalue weighted by Gasteiger charge is 2.17. The average molecular weight is 1370 g/mol. The quantitative estimate of drug-likeness (QED) is 0.0852. The SMILES string of the molecule is CC.CC.CC.CC.CC.CC.CC(C)/C=C/c1ccccc1.CC(C)C(c1ccccc1)c1ccccc1.CC(C)Cc1ccccc1.CC(C)Cc1ccccc1.CC(C)Cc1ccccc1.CC(C)Cc1ccccc1.CC(C)Cc1ccccc1.Cc1cc(C)cc(CC(C)C)c1. The van der Waals surface area contributed by atoms with Crippen LogP contribution in [0, 0.1) is 61.2 Å². The fraction of sp³-hybridized carbons (Fsp3) is 0.446. The lowest BCUT2D eigenvalue weighted by Crippen LogP contribution is -2.08. The van der Waals surface area contributed by atoms with Crippen LogP contribution < -0.4 is 0 Å². The molecule has 0 unspecified atom stereocenters. The van der Waals surface area contributed by atoms with Crippen molar-refractivity contribution in [3.8, 4) is 0 Å². The maximum atomic E-state index is 2.28. The van der Waals surface area contributed by atoms with Gasteiger partial charge in [-0.15, -0.1) is 0 Å². The van der Waals surface area contributed by atoms with E-state index in [1.807, 2.05) is 89.2 Å². The van der Waals surface area contributed by atoms with Crippen molar-refractivity contribution >= 4 is 6.08 Å². The zero-order valence-electron chi connectivity index (χ0n) is 70.9. The monoisotopic (exact) mass is 1370 g/mol. The molecule has 0 radical (unpaired) electrons. The first-order chi connectivity index (χ1) is 48.6. The van der Waals surface area contributed by atoms with Crippen molar-refractivity contribution in [2.75, 3.05) is 0 Å². The molecule has 0 aromatic heterocycles.